The van der Waals surface area contributed by atoms with E-state index < -0.39 is 0 Å². The zero-order valence-corrected chi connectivity index (χ0v) is 20.7. The maximum atomic E-state index is 10.2. The van der Waals surface area contributed by atoms with Gasteiger partial charge in [0.2, 0.25) is 0 Å². The Labute approximate surface area is 186 Å². The molecule has 0 aromatic rings. The van der Waals surface area contributed by atoms with E-state index in [1.54, 1.807) is 5.57 Å². The molecule has 9 atom stereocenters. The minimum atomic E-state index is -0.0850. The number of allylic oxidation sites excluding steroid dienone is 3. The normalized spacial score (nSPS) is 45.6. The van der Waals surface area contributed by atoms with Crippen molar-refractivity contribution in [3.8, 4) is 0 Å². The Morgan fingerprint density at radius 1 is 1.00 bits per heavy atom. The van der Waals surface area contributed by atoms with Gasteiger partial charge in [0.25, 0.3) is 0 Å². The Bertz CT molecular complexity index is 674. The van der Waals surface area contributed by atoms with Crippen LogP contribution in [-0.4, -0.2) is 11.2 Å². The van der Waals surface area contributed by atoms with E-state index in [0.717, 1.165) is 42.4 Å². The summed E-state index contributed by atoms with van der Waals surface area (Å²) < 4.78 is 0. The third kappa shape index (κ3) is 3.87. The Morgan fingerprint density at radius 2 is 1.77 bits per heavy atom. The van der Waals surface area contributed by atoms with Crippen LogP contribution in [0.2, 0.25) is 0 Å². The molecule has 0 saturated heterocycles. The molecule has 0 spiro atoms. The Hall–Kier alpha value is -0.560. The van der Waals surface area contributed by atoms with E-state index in [1.807, 2.05) is 0 Å². The standard InChI is InChI=1S/C29H48O/c1-19(2)7-8-20(3)17-21(4)25-11-12-26-24-10-9-22-18-23(30)13-15-28(22,5)27(24)14-16-29(25,26)6/h7-9,19-21,23-27,30H,10-18H2,1-6H3/b8-7+/t20-,21+,23-,24+,25-,26+,27-,28-,29+/m0/s1. The number of aliphatic hydroxyl groups is 1. The van der Waals surface area contributed by atoms with E-state index in [-0.39, 0.29) is 6.10 Å². The van der Waals surface area contributed by atoms with Crippen LogP contribution in [0.4, 0.5) is 0 Å². The average molecular weight is 413 g/mol. The number of fused-ring (bicyclic) bond motifs is 5. The lowest BCUT2D eigenvalue weighted by Gasteiger charge is -2.58. The molecular weight excluding hydrogens is 364 g/mol. The second kappa shape index (κ2) is 8.42. The third-order valence-corrected chi connectivity index (χ3v) is 10.4. The topological polar surface area (TPSA) is 20.2 Å². The highest BCUT2D eigenvalue weighted by molar-refractivity contribution is 5.25. The highest BCUT2D eigenvalue weighted by atomic mass is 16.3. The molecule has 1 N–H and O–H groups in total. The molecule has 0 aliphatic heterocycles. The Balaban J connectivity index is 1.49. The minimum Gasteiger partial charge on any atom is -0.393 e. The summed E-state index contributed by atoms with van der Waals surface area (Å²) in [5.74, 6) is 5.79. The van der Waals surface area contributed by atoms with Gasteiger partial charge in [-0.2, -0.15) is 0 Å². The van der Waals surface area contributed by atoms with E-state index in [2.05, 4.69) is 59.8 Å². The van der Waals surface area contributed by atoms with Crippen LogP contribution in [0.25, 0.3) is 0 Å². The quantitative estimate of drug-likeness (QED) is 0.457. The summed E-state index contributed by atoms with van der Waals surface area (Å²) in [7, 11) is 0. The van der Waals surface area contributed by atoms with Crippen LogP contribution in [-0.2, 0) is 0 Å². The molecule has 0 bridgehead atoms. The SMILES string of the molecule is CC(C)/C=C/[C@H](C)C[C@@H](C)[C@@H]1CC[C@@H]2[C@H]3CC=C4C[C@@H](O)CC[C@]4(C)[C@H]3CC[C@@]21C. The van der Waals surface area contributed by atoms with Gasteiger partial charge in [0, 0.05) is 0 Å². The van der Waals surface area contributed by atoms with E-state index in [9.17, 15) is 5.11 Å². The summed E-state index contributed by atoms with van der Waals surface area (Å²) in [6.07, 6.45) is 19.0. The van der Waals surface area contributed by atoms with Gasteiger partial charge in [0.15, 0.2) is 0 Å². The summed E-state index contributed by atoms with van der Waals surface area (Å²) in [5.41, 5.74) is 2.54. The van der Waals surface area contributed by atoms with Gasteiger partial charge in [-0.25, -0.2) is 0 Å². The fraction of sp³-hybridized carbons (Fsp3) is 0.862. The predicted octanol–water partition coefficient (Wildman–Crippen LogP) is 7.80. The summed E-state index contributed by atoms with van der Waals surface area (Å²) in [4.78, 5) is 0. The second-order valence-corrected chi connectivity index (χ2v) is 12.7. The third-order valence-electron chi connectivity index (χ3n) is 10.4. The number of aliphatic hydroxyl groups excluding tert-OH is 1. The van der Waals surface area contributed by atoms with Crippen LogP contribution >= 0.6 is 0 Å². The van der Waals surface area contributed by atoms with Crippen LogP contribution in [0.3, 0.4) is 0 Å². The zero-order chi connectivity index (χ0) is 21.7. The maximum absolute atomic E-state index is 10.2. The molecule has 3 saturated carbocycles. The van der Waals surface area contributed by atoms with Crippen molar-refractivity contribution in [2.24, 2.45) is 52.3 Å². The van der Waals surface area contributed by atoms with Gasteiger partial charge in [0.05, 0.1) is 6.10 Å². The van der Waals surface area contributed by atoms with Gasteiger partial charge in [-0.15, -0.1) is 0 Å². The Kier molecular flexibility index (Phi) is 6.35. The molecule has 4 aliphatic carbocycles. The fourth-order valence-corrected chi connectivity index (χ4v) is 8.86. The molecule has 3 fully saturated rings. The van der Waals surface area contributed by atoms with Crippen LogP contribution < -0.4 is 0 Å². The van der Waals surface area contributed by atoms with Crippen LogP contribution in [0.15, 0.2) is 23.8 Å². The minimum absolute atomic E-state index is 0.0850. The molecule has 0 radical (unpaired) electrons. The highest BCUT2D eigenvalue weighted by Gasteiger charge is 2.59. The van der Waals surface area contributed by atoms with Crippen molar-refractivity contribution in [3.05, 3.63) is 23.8 Å². The summed E-state index contributed by atoms with van der Waals surface area (Å²) in [6.45, 7) is 14.8. The smallest absolute Gasteiger partial charge is 0.0577 e. The van der Waals surface area contributed by atoms with Crippen molar-refractivity contribution in [2.45, 2.75) is 105 Å². The largest absolute Gasteiger partial charge is 0.393 e. The van der Waals surface area contributed by atoms with Crippen molar-refractivity contribution in [1.82, 2.24) is 0 Å². The first-order chi connectivity index (χ1) is 14.1. The number of hydrogen-bond acceptors (Lipinski definition) is 1. The molecule has 30 heavy (non-hydrogen) atoms. The highest BCUT2D eigenvalue weighted by Crippen LogP contribution is 2.67. The van der Waals surface area contributed by atoms with E-state index in [0.29, 0.717) is 22.7 Å². The first-order valence-electron chi connectivity index (χ1n) is 13.2. The van der Waals surface area contributed by atoms with Gasteiger partial charge in [-0.05, 0) is 110 Å². The molecule has 1 nitrogen and oxygen atoms in total. The van der Waals surface area contributed by atoms with Gasteiger partial charge in [-0.3, -0.25) is 0 Å². The molecule has 170 valence electrons. The van der Waals surface area contributed by atoms with Crippen LogP contribution in [0.5, 0.6) is 0 Å². The van der Waals surface area contributed by atoms with Gasteiger partial charge < -0.3 is 5.11 Å². The lowest BCUT2D eigenvalue weighted by Crippen LogP contribution is -2.50. The van der Waals surface area contributed by atoms with Gasteiger partial charge in [0.1, 0.15) is 0 Å². The van der Waals surface area contributed by atoms with Gasteiger partial charge in [-0.1, -0.05) is 65.3 Å². The molecule has 0 aromatic heterocycles. The zero-order valence-electron chi connectivity index (χ0n) is 20.7. The second-order valence-electron chi connectivity index (χ2n) is 12.7. The van der Waals surface area contributed by atoms with Crippen molar-refractivity contribution < 1.29 is 5.11 Å². The monoisotopic (exact) mass is 412 g/mol. The molecule has 0 heterocycles. The van der Waals surface area contributed by atoms with Crippen LogP contribution in [0.1, 0.15) is 99.3 Å². The fourth-order valence-electron chi connectivity index (χ4n) is 8.86. The molecule has 0 aromatic carbocycles. The Morgan fingerprint density at radius 3 is 2.50 bits per heavy atom. The predicted molar refractivity (Wildman–Crippen MR) is 128 cm³/mol. The molecule has 4 rings (SSSR count). The van der Waals surface area contributed by atoms with Crippen molar-refractivity contribution in [1.29, 1.82) is 0 Å². The van der Waals surface area contributed by atoms with Crippen molar-refractivity contribution >= 4 is 0 Å². The summed E-state index contributed by atoms with van der Waals surface area (Å²) >= 11 is 0. The van der Waals surface area contributed by atoms with Crippen molar-refractivity contribution in [3.63, 3.8) is 0 Å². The van der Waals surface area contributed by atoms with E-state index >= 15 is 0 Å². The maximum Gasteiger partial charge on any atom is 0.0577 e. The van der Waals surface area contributed by atoms with Crippen LogP contribution in [0, 0.1) is 52.3 Å². The number of rotatable bonds is 5. The lowest BCUT2D eigenvalue weighted by atomic mass is 9.47. The van der Waals surface area contributed by atoms with E-state index in [4.69, 9.17) is 0 Å². The number of hydrogen-bond donors (Lipinski definition) is 1. The molecule has 0 unspecified atom stereocenters. The first kappa shape index (κ1) is 22.6. The summed E-state index contributed by atoms with van der Waals surface area (Å²) in [5, 5.41) is 10.2. The molecule has 4 aliphatic rings. The van der Waals surface area contributed by atoms with Crippen molar-refractivity contribution in [2.75, 3.05) is 0 Å². The molecular formula is C29H48O. The molecule has 0 amide bonds. The lowest BCUT2D eigenvalue weighted by molar-refractivity contribution is -0.0576. The molecule has 1 heteroatoms. The average Bonchev–Trinajstić information content (AvgIpc) is 3.04. The first-order valence-corrected chi connectivity index (χ1v) is 13.2. The van der Waals surface area contributed by atoms with Gasteiger partial charge >= 0.3 is 0 Å². The van der Waals surface area contributed by atoms with E-state index in [1.165, 1.54) is 44.9 Å². The summed E-state index contributed by atoms with van der Waals surface area (Å²) in [6, 6.07) is 0.